The molecule has 0 aliphatic heterocycles. The third-order valence-electron chi connectivity index (χ3n) is 7.16. The van der Waals surface area contributed by atoms with Gasteiger partial charge in [0.2, 0.25) is 0 Å². The number of amides is 2. The van der Waals surface area contributed by atoms with Gasteiger partial charge in [0, 0.05) is 29.3 Å². The standard InChI is InChI=1S/C31H32N4O3/c1-21-9-5-8-14-25(21)30(37)33-24-15-16-29(36)26(19-24)27-20-28(23-12-6-7-13-23)35(34-27)31(38)32-18-17-22-10-3-2-4-11-22/h2-5,8-11,14-16,19-20,23,36H,6-7,12-13,17-18H2,1H3,(H,32,38)(H,33,37). The zero-order valence-electron chi connectivity index (χ0n) is 21.5. The number of benzene rings is 3. The fourth-order valence-corrected chi connectivity index (χ4v) is 5.08. The lowest BCUT2D eigenvalue weighted by molar-refractivity contribution is 0.102. The van der Waals surface area contributed by atoms with E-state index in [1.54, 1.807) is 18.2 Å². The Balaban J connectivity index is 1.39. The van der Waals surface area contributed by atoms with Crippen LogP contribution in [0.3, 0.4) is 0 Å². The number of hydrogen-bond acceptors (Lipinski definition) is 4. The van der Waals surface area contributed by atoms with Crippen LogP contribution in [0.2, 0.25) is 0 Å². The quantitative estimate of drug-likeness (QED) is 0.256. The summed E-state index contributed by atoms with van der Waals surface area (Å²) in [5, 5.41) is 21.2. The van der Waals surface area contributed by atoms with E-state index in [0.717, 1.165) is 48.9 Å². The van der Waals surface area contributed by atoms with Crippen LogP contribution in [0.4, 0.5) is 10.5 Å². The monoisotopic (exact) mass is 508 g/mol. The topological polar surface area (TPSA) is 96.2 Å². The average molecular weight is 509 g/mol. The third kappa shape index (κ3) is 5.62. The molecule has 1 aromatic heterocycles. The van der Waals surface area contributed by atoms with E-state index in [2.05, 4.69) is 15.7 Å². The molecule has 38 heavy (non-hydrogen) atoms. The van der Waals surface area contributed by atoms with Gasteiger partial charge in [0.05, 0.1) is 11.4 Å². The zero-order valence-corrected chi connectivity index (χ0v) is 21.5. The highest BCUT2D eigenvalue weighted by molar-refractivity contribution is 6.05. The maximum Gasteiger partial charge on any atom is 0.342 e. The summed E-state index contributed by atoms with van der Waals surface area (Å²) in [6, 6.07) is 23.9. The van der Waals surface area contributed by atoms with Crippen molar-refractivity contribution in [3.63, 3.8) is 0 Å². The minimum absolute atomic E-state index is 0.0333. The van der Waals surface area contributed by atoms with Crippen molar-refractivity contribution in [3.8, 4) is 17.0 Å². The second-order valence-electron chi connectivity index (χ2n) is 9.82. The number of aromatic nitrogens is 2. The molecule has 7 nitrogen and oxygen atoms in total. The predicted octanol–water partition coefficient (Wildman–Crippen LogP) is 6.27. The molecule has 0 bridgehead atoms. The number of phenols is 1. The number of nitrogens with zero attached hydrogens (tertiary/aromatic N) is 2. The minimum Gasteiger partial charge on any atom is -0.507 e. The summed E-state index contributed by atoms with van der Waals surface area (Å²) in [7, 11) is 0. The highest BCUT2D eigenvalue weighted by atomic mass is 16.3. The van der Waals surface area contributed by atoms with Gasteiger partial charge in [0.1, 0.15) is 5.75 Å². The van der Waals surface area contributed by atoms with Gasteiger partial charge in [-0.2, -0.15) is 9.78 Å². The number of carbonyl (C=O) groups is 2. The molecule has 3 aromatic carbocycles. The van der Waals surface area contributed by atoms with Gasteiger partial charge in [0.15, 0.2) is 0 Å². The van der Waals surface area contributed by atoms with E-state index in [0.29, 0.717) is 29.1 Å². The van der Waals surface area contributed by atoms with Crippen molar-refractivity contribution in [1.29, 1.82) is 0 Å². The Labute approximate surface area is 222 Å². The van der Waals surface area contributed by atoms with Crippen LogP contribution in [0.15, 0.2) is 78.9 Å². The van der Waals surface area contributed by atoms with Crippen LogP contribution < -0.4 is 10.6 Å². The molecule has 5 rings (SSSR count). The van der Waals surface area contributed by atoms with Gasteiger partial charge in [-0.05, 0) is 67.6 Å². The molecule has 0 spiro atoms. The molecule has 2 amide bonds. The second kappa shape index (κ2) is 11.3. The molecule has 1 fully saturated rings. The van der Waals surface area contributed by atoms with Crippen LogP contribution in [-0.2, 0) is 6.42 Å². The first-order valence-electron chi connectivity index (χ1n) is 13.1. The van der Waals surface area contributed by atoms with Gasteiger partial charge in [-0.15, -0.1) is 0 Å². The molecule has 3 N–H and O–H groups in total. The summed E-state index contributed by atoms with van der Waals surface area (Å²) in [6.07, 6.45) is 4.96. The van der Waals surface area contributed by atoms with E-state index in [9.17, 15) is 14.7 Å². The molecule has 0 unspecified atom stereocenters. The Morgan fingerprint density at radius 3 is 2.47 bits per heavy atom. The van der Waals surface area contributed by atoms with Crippen molar-refractivity contribution in [3.05, 3.63) is 101 Å². The second-order valence-corrected chi connectivity index (χ2v) is 9.82. The third-order valence-corrected chi connectivity index (χ3v) is 7.16. The maximum atomic E-state index is 13.2. The van der Waals surface area contributed by atoms with E-state index in [1.807, 2.05) is 61.5 Å². The van der Waals surface area contributed by atoms with Gasteiger partial charge in [-0.25, -0.2) is 4.79 Å². The highest BCUT2D eigenvalue weighted by Crippen LogP contribution is 2.38. The lowest BCUT2D eigenvalue weighted by atomic mass is 10.0. The Hall–Kier alpha value is -4.39. The summed E-state index contributed by atoms with van der Waals surface area (Å²) in [6.45, 7) is 2.38. The summed E-state index contributed by atoms with van der Waals surface area (Å²) in [4.78, 5) is 26.1. The van der Waals surface area contributed by atoms with Crippen molar-refractivity contribution >= 4 is 17.6 Å². The van der Waals surface area contributed by atoms with Crippen LogP contribution in [0.25, 0.3) is 11.3 Å². The molecule has 4 aromatic rings. The minimum atomic E-state index is -0.280. The largest absolute Gasteiger partial charge is 0.507 e. The number of phenolic OH excluding ortho intramolecular Hbond substituents is 1. The molecular weight excluding hydrogens is 476 g/mol. The molecular formula is C31H32N4O3. The zero-order chi connectivity index (χ0) is 26.5. The van der Waals surface area contributed by atoms with Crippen molar-refractivity contribution in [1.82, 2.24) is 15.1 Å². The first kappa shape index (κ1) is 25.3. The lowest BCUT2D eigenvalue weighted by Crippen LogP contribution is -2.32. The molecule has 1 heterocycles. The fraction of sp³-hybridized carbons (Fsp3) is 0.258. The van der Waals surface area contributed by atoms with Gasteiger partial charge < -0.3 is 15.7 Å². The van der Waals surface area contributed by atoms with Crippen LogP contribution in [0.5, 0.6) is 5.75 Å². The summed E-state index contributed by atoms with van der Waals surface area (Å²) in [5.74, 6) is 0.0444. The number of aryl methyl sites for hydroxylation is 1. The van der Waals surface area contributed by atoms with Crippen LogP contribution in [-0.4, -0.2) is 33.4 Å². The Bertz CT molecular complexity index is 1440. The van der Waals surface area contributed by atoms with E-state index in [-0.39, 0.29) is 23.6 Å². The summed E-state index contributed by atoms with van der Waals surface area (Å²) in [5.41, 5.74) is 4.96. The van der Waals surface area contributed by atoms with E-state index < -0.39 is 0 Å². The van der Waals surface area contributed by atoms with Crippen LogP contribution in [0, 0.1) is 6.92 Å². The van der Waals surface area contributed by atoms with Crippen molar-refractivity contribution in [2.75, 3.05) is 11.9 Å². The molecule has 0 radical (unpaired) electrons. The summed E-state index contributed by atoms with van der Waals surface area (Å²) >= 11 is 0. The Morgan fingerprint density at radius 2 is 1.71 bits per heavy atom. The summed E-state index contributed by atoms with van der Waals surface area (Å²) < 4.78 is 1.45. The number of aromatic hydroxyl groups is 1. The molecule has 0 saturated heterocycles. The number of anilines is 1. The smallest absolute Gasteiger partial charge is 0.342 e. The predicted molar refractivity (Wildman–Crippen MR) is 149 cm³/mol. The molecule has 1 aliphatic rings. The number of hydrogen-bond donors (Lipinski definition) is 3. The molecule has 7 heteroatoms. The number of rotatable bonds is 7. The highest BCUT2D eigenvalue weighted by Gasteiger charge is 2.26. The van der Waals surface area contributed by atoms with Crippen LogP contribution in [0.1, 0.15) is 58.8 Å². The van der Waals surface area contributed by atoms with Crippen molar-refractivity contribution < 1.29 is 14.7 Å². The molecule has 194 valence electrons. The SMILES string of the molecule is Cc1ccccc1C(=O)Nc1ccc(O)c(-c2cc(C3CCCC3)n(C(=O)NCCc3ccccc3)n2)c1. The maximum absolute atomic E-state index is 13.2. The normalized spacial score (nSPS) is 13.4. The van der Waals surface area contributed by atoms with Gasteiger partial charge in [-0.1, -0.05) is 61.4 Å². The molecule has 1 saturated carbocycles. The molecule has 1 aliphatic carbocycles. The number of nitrogens with one attached hydrogen (secondary N) is 2. The van der Waals surface area contributed by atoms with Crippen molar-refractivity contribution in [2.24, 2.45) is 0 Å². The van der Waals surface area contributed by atoms with Gasteiger partial charge in [-0.3, -0.25) is 4.79 Å². The van der Waals surface area contributed by atoms with Gasteiger partial charge in [0.25, 0.3) is 5.91 Å². The average Bonchev–Trinajstić information content (AvgIpc) is 3.61. The number of carbonyl (C=O) groups excluding carboxylic acids is 2. The first-order valence-corrected chi connectivity index (χ1v) is 13.1. The molecule has 0 atom stereocenters. The van der Waals surface area contributed by atoms with E-state index >= 15 is 0 Å². The van der Waals surface area contributed by atoms with Crippen LogP contribution >= 0.6 is 0 Å². The van der Waals surface area contributed by atoms with E-state index in [1.165, 1.54) is 10.7 Å². The van der Waals surface area contributed by atoms with Crippen molar-refractivity contribution in [2.45, 2.75) is 44.9 Å². The van der Waals surface area contributed by atoms with Gasteiger partial charge >= 0.3 is 6.03 Å². The first-order chi connectivity index (χ1) is 18.5. The van der Waals surface area contributed by atoms with E-state index in [4.69, 9.17) is 0 Å². The lowest BCUT2D eigenvalue weighted by Gasteiger charge is -2.12. The fourth-order valence-electron chi connectivity index (χ4n) is 5.08. The Morgan fingerprint density at radius 1 is 0.974 bits per heavy atom. The Kier molecular flexibility index (Phi) is 7.54.